The summed E-state index contributed by atoms with van der Waals surface area (Å²) in [6.45, 7) is 7.01. The zero-order valence-electron chi connectivity index (χ0n) is 14.8. The van der Waals surface area contributed by atoms with Crippen LogP contribution in [0.5, 0.6) is 0 Å². The highest BCUT2D eigenvalue weighted by Crippen LogP contribution is 2.48. The summed E-state index contributed by atoms with van der Waals surface area (Å²) in [4.78, 5) is 12.7. The standard InChI is InChI=1S/C19H27NO3S/c1-18(2,3)15-4-6-16(7-5-15)19(9-10-19)17(21)20-12-14-8-11-24(22,23)13-14/h4-7,14H,8-13H2,1-3H3,(H,20,21). The molecule has 132 valence electrons. The number of benzene rings is 1. The molecule has 5 heteroatoms. The fourth-order valence-corrected chi connectivity index (χ4v) is 5.36. The fraction of sp³-hybridized carbons (Fsp3) is 0.632. The van der Waals surface area contributed by atoms with Crippen LogP contribution in [0.15, 0.2) is 24.3 Å². The van der Waals surface area contributed by atoms with E-state index in [0.29, 0.717) is 13.0 Å². The average molecular weight is 349 g/mol. The molecule has 1 aliphatic heterocycles. The molecule has 1 N–H and O–H groups in total. The molecule has 0 radical (unpaired) electrons. The van der Waals surface area contributed by atoms with Gasteiger partial charge in [-0.25, -0.2) is 8.42 Å². The Bertz CT molecular complexity index is 725. The van der Waals surface area contributed by atoms with Crippen molar-refractivity contribution in [2.75, 3.05) is 18.1 Å². The van der Waals surface area contributed by atoms with E-state index in [9.17, 15) is 13.2 Å². The lowest BCUT2D eigenvalue weighted by Gasteiger charge is -2.21. The van der Waals surface area contributed by atoms with Crippen molar-refractivity contribution in [1.82, 2.24) is 5.32 Å². The van der Waals surface area contributed by atoms with Crippen LogP contribution in [0, 0.1) is 5.92 Å². The zero-order valence-corrected chi connectivity index (χ0v) is 15.6. The maximum absolute atomic E-state index is 12.7. The molecule has 1 saturated heterocycles. The lowest BCUT2D eigenvalue weighted by atomic mass is 9.85. The maximum atomic E-state index is 12.7. The third kappa shape index (κ3) is 3.51. The molecule has 1 heterocycles. The Morgan fingerprint density at radius 1 is 1.21 bits per heavy atom. The van der Waals surface area contributed by atoms with Gasteiger partial charge in [0.25, 0.3) is 0 Å². The molecule has 0 spiro atoms. The van der Waals surface area contributed by atoms with Gasteiger partial charge < -0.3 is 5.32 Å². The molecular weight excluding hydrogens is 322 g/mol. The van der Waals surface area contributed by atoms with Crippen LogP contribution in [0.4, 0.5) is 0 Å². The highest BCUT2D eigenvalue weighted by Gasteiger charge is 2.51. The van der Waals surface area contributed by atoms with Crippen LogP contribution >= 0.6 is 0 Å². The second-order valence-electron chi connectivity index (χ2n) is 8.39. The number of rotatable bonds is 4. The van der Waals surface area contributed by atoms with Crippen LogP contribution in [0.2, 0.25) is 0 Å². The third-order valence-corrected chi connectivity index (χ3v) is 7.20. The maximum Gasteiger partial charge on any atom is 0.230 e. The van der Waals surface area contributed by atoms with Gasteiger partial charge in [0.1, 0.15) is 0 Å². The molecular formula is C19H27NO3S. The first-order valence-corrected chi connectivity index (χ1v) is 10.5. The summed E-state index contributed by atoms with van der Waals surface area (Å²) in [6, 6.07) is 8.39. The van der Waals surface area contributed by atoms with E-state index < -0.39 is 15.3 Å². The first-order chi connectivity index (χ1) is 11.1. The summed E-state index contributed by atoms with van der Waals surface area (Å²) >= 11 is 0. The van der Waals surface area contributed by atoms with Gasteiger partial charge in [-0.15, -0.1) is 0 Å². The molecule has 1 amide bonds. The van der Waals surface area contributed by atoms with Gasteiger partial charge >= 0.3 is 0 Å². The highest BCUT2D eigenvalue weighted by atomic mass is 32.2. The second-order valence-corrected chi connectivity index (χ2v) is 10.6. The lowest BCUT2D eigenvalue weighted by Crippen LogP contribution is -2.38. The number of hydrogen-bond acceptors (Lipinski definition) is 3. The van der Waals surface area contributed by atoms with E-state index in [4.69, 9.17) is 0 Å². The number of amides is 1. The molecule has 1 aromatic carbocycles. The summed E-state index contributed by atoms with van der Waals surface area (Å²) in [5.74, 6) is 0.585. The first-order valence-electron chi connectivity index (χ1n) is 8.72. The number of hydrogen-bond donors (Lipinski definition) is 1. The number of carbonyl (C=O) groups excluding carboxylic acids is 1. The molecule has 2 aliphatic rings. The monoisotopic (exact) mass is 349 g/mol. The van der Waals surface area contributed by atoms with E-state index in [0.717, 1.165) is 18.4 Å². The Hall–Kier alpha value is -1.36. The minimum atomic E-state index is -2.89. The van der Waals surface area contributed by atoms with Gasteiger partial charge in [0, 0.05) is 6.54 Å². The topological polar surface area (TPSA) is 63.2 Å². The molecule has 1 aromatic rings. The van der Waals surface area contributed by atoms with Gasteiger partial charge in [0.15, 0.2) is 9.84 Å². The van der Waals surface area contributed by atoms with E-state index in [1.54, 1.807) is 0 Å². The van der Waals surface area contributed by atoms with Gasteiger partial charge in [-0.3, -0.25) is 4.79 Å². The average Bonchev–Trinajstić information content (AvgIpc) is 3.24. The molecule has 0 bridgehead atoms. The van der Waals surface area contributed by atoms with Crippen molar-refractivity contribution in [1.29, 1.82) is 0 Å². The van der Waals surface area contributed by atoms with Gasteiger partial charge in [0.2, 0.25) is 5.91 Å². The first kappa shape index (κ1) is 17.5. The number of carbonyl (C=O) groups is 1. The summed E-state index contributed by atoms with van der Waals surface area (Å²) in [5, 5.41) is 3.01. The molecule has 1 atom stereocenters. The summed E-state index contributed by atoms with van der Waals surface area (Å²) < 4.78 is 23.0. The van der Waals surface area contributed by atoms with E-state index in [2.05, 4.69) is 50.4 Å². The Morgan fingerprint density at radius 2 is 1.83 bits per heavy atom. The largest absolute Gasteiger partial charge is 0.355 e. The van der Waals surface area contributed by atoms with Crippen LogP contribution < -0.4 is 5.32 Å². The van der Waals surface area contributed by atoms with Gasteiger partial charge in [-0.2, -0.15) is 0 Å². The molecule has 0 aromatic heterocycles. The quantitative estimate of drug-likeness (QED) is 0.909. The van der Waals surface area contributed by atoms with Crippen LogP contribution in [-0.4, -0.2) is 32.4 Å². The molecule has 3 rings (SSSR count). The summed E-state index contributed by atoms with van der Waals surface area (Å²) in [7, 11) is -2.89. The van der Waals surface area contributed by atoms with E-state index in [1.165, 1.54) is 5.56 Å². The van der Waals surface area contributed by atoms with E-state index in [-0.39, 0.29) is 28.7 Å². The summed E-state index contributed by atoms with van der Waals surface area (Å²) in [6.07, 6.45) is 2.41. The van der Waals surface area contributed by atoms with Crippen molar-refractivity contribution < 1.29 is 13.2 Å². The Kier molecular flexibility index (Phi) is 4.27. The summed E-state index contributed by atoms with van der Waals surface area (Å²) in [5.41, 5.74) is 2.05. The van der Waals surface area contributed by atoms with Crippen molar-refractivity contribution in [3.05, 3.63) is 35.4 Å². The van der Waals surface area contributed by atoms with Crippen molar-refractivity contribution in [2.45, 2.75) is 50.9 Å². The van der Waals surface area contributed by atoms with Crippen molar-refractivity contribution in [2.24, 2.45) is 5.92 Å². The SMILES string of the molecule is CC(C)(C)c1ccc(C2(C(=O)NCC3CCS(=O)(=O)C3)CC2)cc1. The minimum Gasteiger partial charge on any atom is -0.355 e. The fourth-order valence-electron chi connectivity index (χ4n) is 3.50. The number of nitrogens with one attached hydrogen (secondary N) is 1. The number of sulfone groups is 1. The third-order valence-electron chi connectivity index (χ3n) is 5.37. The van der Waals surface area contributed by atoms with Gasteiger partial charge in [-0.1, -0.05) is 45.0 Å². The molecule has 1 unspecified atom stereocenters. The molecule has 1 aliphatic carbocycles. The minimum absolute atomic E-state index is 0.0512. The smallest absolute Gasteiger partial charge is 0.230 e. The Morgan fingerprint density at radius 3 is 2.29 bits per heavy atom. The predicted molar refractivity (Wildman–Crippen MR) is 95.8 cm³/mol. The van der Waals surface area contributed by atoms with Crippen molar-refractivity contribution in [3.63, 3.8) is 0 Å². The van der Waals surface area contributed by atoms with Crippen molar-refractivity contribution in [3.8, 4) is 0 Å². The van der Waals surface area contributed by atoms with Crippen molar-refractivity contribution >= 4 is 15.7 Å². The lowest BCUT2D eigenvalue weighted by molar-refractivity contribution is -0.123. The van der Waals surface area contributed by atoms with Crippen LogP contribution in [0.25, 0.3) is 0 Å². The van der Waals surface area contributed by atoms with E-state index in [1.807, 2.05) is 0 Å². The van der Waals surface area contributed by atoms with Crippen LogP contribution in [0.1, 0.15) is 51.2 Å². The normalized spacial score (nSPS) is 24.5. The Balaban J connectivity index is 1.64. The second kappa shape index (κ2) is 5.87. The molecule has 4 nitrogen and oxygen atoms in total. The molecule has 24 heavy (non-hydrogen) atoms. The van der Waals surface area contributed by atoms with Crippen LogP contribution in [0.3, 0.4) is 0 Å². The van der Waals surface area contributed by atoms with Crippen LogP contribution in [-0.2, 0) is 25.5 Å². The predicted octanol–water partition coefficient (Wildman–Crippen LogP) is 2.57. The zero-order chi connectivity index (χ0) is 17.6. The molecule has 1 saturated carbocycles. The Labute approximate surface area is 145 Å². The molecule has 2 fully saturated rings. The van der Waals surface area contributed by atoms with Gasteiger partial charge in [-0.05, 0) is 41.7 Å². The van der Waals surface area contributed by atoms with E-state index >= 15 is 0 Å². The van der Waals surface area contributed by atoms with Gasteiger partial charge in [0.05, 0.1) is 16.9 Å². The highest BCUT2D eigenvalue weighted by molar-refractivity contribution is 7.91.